The summed E-state index contributed by atoms with van der Waals surface area (Å²) in [5, 5.41) is 5.19. The number of ketones is 1. The number of carbonyl (C=O) groups is 2. The molecule has 0 bridgehead atoms. The van der Waals surface area contributed by atoms with Crippen LogP contribution in [0.15, 0.2) is 64.5 Å². The van der Waals surface area contributed by atoms with Crippen molar-refractivity contribution in [1.29, 1.82) is 0 Å². The molecule has 0 atom stereocenters. The molecule has 3 rings (SSSR count). The predicted octanol–water partition coefficient (Wildman–Crippen LogP) is 5.17. The summed E-state index contributed by atoms with van der Waals surface area (Å²) < 4.78 is 0.975. The molecule has 1 N–H and O–H groups in total. The van der Waals surface area contributed by atoms with E-state index in [1.165, 1.54) is 11.3 Å². The second-order valence-electron chi connectivity index (χ2n) is 5.39. The van der Waals surface area contributed by atoms with Crippen molar-refractivity contribution >= 4 is 44.1 Å². The Bertz CT molecular complexity index is 893. The predicted molar refractivity (Wildman–Crippen MR) is 104 cm³/mol. The first kappa shape index (κ1) is 17.5. The summed E-state index contributed by atoms with van der Waals surface area (Å²) >= 11 is 4.80. The van der Waals surface area contributed by atoms with E-state index in [4.69, 9.17) is 0 Å². The van der Waals surface area contributed by atoms with Gasteiger partial charge in [0.05, 0.1) is 5.69 Å². The number of nitrogens with one attached hydrogen (secondary N) is 1. The first-order chi connectivity index (χ1) is 12.1. The van der Waals surface area contributed by atoms with E-state index >= 15 is 0 Å². The zero-order chi connectivity index (χ0) is 17.6. The Balaban J connectivity index is 1.56. The van der Waals surface area contributed by atoms with E-state index in [2.05, 4.69) is 26.2 Å². The minimum atomic E-state index is -0.209. The molecule has 0 fully saturated rings. The van der Waals surface area contributed by atoms with Gasteiger partial charge in [-0.2, -0.15) is 0 Å². The molecule has 1 amide bonds. The van der Waals surface area contributed by atoms with E-state index in [1.54, 1.807) is 12.1 Å². The summed E-state index contributed by atoms with van der Waals surface area (Å²) in [5.74, 6) is -0.246. The molecule has 25 heavy (non-hydrogen) atoms. The number of nitrogens with zero attached hydrogens (tertiary/aromatic N) is 1. The van der Waals surface area contributed by atoms with Crippen molar-refractivity contribution in [2.45, 2.75) is 12.8 Å². The third-order valence-electron chi connectivity index (χ3n) is 3.55. The molecule has 4 nitrogen and oxygen atoms in total. The van der Waals surface area contributed by atoms with Crippen molar-refractivity contribution in [3.63, 3.8) is 0 Å². The van der Waals surface area contributed by atoms with Crippen molar-refractivity contribution in [1.82, 2.24) is 4.98 Å². The van der Waals surface area contributed by atoms with Gasteiger partial charge >= 0.3 is 0 Å². The summed E-state index contributed by atoms with van der Waals surface area (Å²) in [6.07, 6.45) is 0.319. The van der Waals surface area contributed by atoms with Gasteiger partial charge in [0, 0.05) is 33.8 Å². The number of hydrogen-bond acceptors (Lipinski definition) is 4. The Hall–Kier alpha value is -2.31. The Labute approximate surface area is 158 Å². The molecular weight excluding hydrogens is 400 g/mol. The van der Waals surface area contributed by atoms with Crippen molar-refractivity contribution < 1.29 is 9.59 Å². The number of thiazole rings is 1. The largest absolute Gasteiger partial charge is 0.302 e. The van der Waals surface area contributed by atoms with Gasteiger partial charge in [0.2, 0.25) is 5.91 Å². The van der Waals surface area contributed by atoms with E-state index in [-0.39, 0.29) is 24.5 Å². The molecule has 0 spiro atoms. The zero-order valence-electron chi connectivity index (χ0n) is 13.2. The van der Waals surface area contributed by atoms with Gasteiger partial charge < -0.3 is 5.32 Å². The maximum atomic E-state index is 12.0. The molecule has 3 aromatic rings. The Morgan fingerprint density at radius 1 is 1.04 bits per heavy atom. The fourth-order valence-electron chi connectivity index (χ4n) is 2.29. The highest BCUT2D eigenvalue weighted by Crippen LogP contribution is 2.27. The Kier molecular flexibility index (Phi) is 5.73. The van der Waals surface area contributed by atoms with Crippen LogP contribution in [-0.2, 0) is 4.79 Å². The number of benzene rings is 2. The molecule has 1 aromatic heterocycles. The number of aromatic nitrogens is 1. The third kappa shape index (κ3) is 4.84. The lowest BCUT2D eigenvalue weighted by molar-refractivity contribution is -0.116. The van der Waals surface area contributed by atoms with Gasteiger partial charge in [-0.25, -0.2) is 4.98 Å². The minimum absolute atomic E-state index is 0.0373. The Morgan fingerprint density at radius 3 is 2.60 bits per heavy atom. The zero-order valence-corrected chi connectivity index (χ0v) is 15.6. The normalized spacial score (nSPS) is 10.4. The number of hydrogen-bond donors (Lipinski definition) is 1. The topological polar surface area (TPSA) is 59.1 Å². The lowest BCUT2D eigenvalue weighted by atomic mass is 10.1. The number of rotatable bonds is 6. The van der Waals surface area contributed by atoms with Crippen LogP contribution in [0.1, 0.15) is 23.2 Å². The SMILES string of the molecule is O=C(CCC(=O)c1ccccc1)Nc1nc(-c2cccc(Br)c2)cs1. The highest BCUT2D eigenvalue weighted by molar-refractivity contribution is 9.10. The minimum Gasteiger partial charge on any atom is -0.302 e. The molecule has 0 aliphatic rings. The fraction of sp³-hybridized carbons (Fsp3) is 0.105. The van der Waals surface area contributed by atoms with Gasteiger partial charge in [-0.1, -0.05) is 58.4 Å². The molecular formula is C19H15BrN2O2S. The summed E-state index contributed by atoms with van der Waals surface area (Å²) in [4.78, 5) is 28.5. The van der Waals surface area contributed by atoms with Gasteiger partial charge in [-0.3, -0.25) is 9.59 Å². The fourth-order valence-corrected chi connectivity index (χ4v) is 3.42. The monoisotopic (exact) mass is 414 g/mol. The number of halogens is 1. The molecule has 0 aliphatic carbocycles. The standard InChI is InChI=1S/C19H15BrN2O2S/c20-15-8-4-7-14(11-15)16-12-25-19(21-16)22-18(24)10-9-17(23)13-5-2-1-3-6-13/h1-8,11-12H,9-10H2,(H,21,22,24). The highest BCUT2D eigenvalue weighted by Gasteiger charge is 2.11. The van der Waals surface area contributed by atoms with Crippen molar-refractivity contribution in [2.24, 2.45) is 0 Å². The maximum absolute atomic E-state index is 12.0. The van der Waals surface area contributed by atoms with Crippen LogP contribution in [0.25, 0.3) is 11.3 Å². The molecule has 0 saturated carbocycles. The van der Waals surface area contributed by atoms with Crippen molar-refractivity contribution in [2.75, 3.05) is 5.32 Å². The van der Waals surface area contributed by atoms with Crippen LogP contribution in [0.5, 0.6) is 0 Å². The third-order valence-corrected chi connectivity index (χ3v) is 4.80. The molecule has 6 heteroatoms. The van der Waals surface area contributed by atoms with Gasteiger partial charge in [0.1, 0.15) is 0 Å². The smallest absolute Gasteiger partial charge is 0.226 e. The van der Waals surface area contributed by atoms with Crippen LogP contribution in [0.4, 0.5) is 5.13 Å². The van der Waals surface area contributed by atoms with Gasteiger partial charge in [0.15, 0.2) is 10.9 Å². The average Bonchev–Trinajstić information content (AvgIpc) is 3.09. The lowest BCUT2D eigenvalue weighted by Gasteiger charge is -2.02. The first-order valence-electron chi connectivity index (χ1n) is 7.71. The second-order valence-corrected chi connectivity index (χ2v) is 7.16. The summed E-state index contributed by atoms with van der Waals surface area (Å²) in [7, 11) is 0. The van der Waals surface area contributed by atoms with Crippen molar-refractivity contribution in [3.8, 4) is 11.3 Å². The van der Waals surface area contributed by atoms with E-state index in [0.29, 0.717) is 10.7 Å². The molecule has 0 aliphatic heterocycles. The molecule has 126 valence electrons. The summed E-state index contributed by atoms with van der Waals surface area (Å²) in [5.41, 5.74) is 2.41. The first-order valence-corrected chi connectivity index (χ1v) is 9.38. The molecule has 0 radical (unpaired) electrons. The number of amides is 1. The van der Waals surface area contributed by atoms with Crippen molar-refractivity contribution in [3.05, 3.63) is 70.0 Å². The van der Waals surface area contributed by atoms with Crippen LogP contribution < -0.4 is 5.32 Å². The van der Waals surface area contributed by atoms with E-state index in [9.17, 15) is 9.59 Å². The van der Waals surface area contributed by atoms with Crippen LogP contribution in [0, 0.1) is 0 Å². The van der Waals surface area contributed by atoms with Gasteiger partial charge in [-0.05, 0) is 12.1 Å². The van der Waals surface area contributed by atoms with Crippen LogP contribution >= 0.6 is 27.3 Å². The number of anilines is 1. The van der Waals surface area contributed by atoms with E-state index < -0.39 is 0 Å². The number of carbonyl (C=O) groups excluding carboxylic acids is 2. The van der Waals surface area contributed by atoms with Crippen LogP contribution in [0.3, 0.4) is 0 Å². The van der Waals surface area contributed by atoms with E-state index in [0.717, 1.165) is 15.7 Å². The summed E-state index contributed by atoms with van der Waals surface area (Å²) in [6.45, 7) is 0. The molecule has 2 aromatic carbocycles. The highest BCUT2D eigenvalue weighted by atomic mass is 79.9. The lowest BCUT2D eigenvalue weighted by Crippen LogP contribution is -2.13. The average molecular weight is 415 g/mol. The molecule has 0 saturated heterocycles. The van der Waals surface area contributed by atoms with Gasteiger partial charge in [-0.15, -0.1) is 11.3 Å². The molecule has 1 heterocycles. The van der Waals surface area contributed by atoms with Crippen LogP contribution in [0.2, 0.25) is 0 Å². The molecule has 0 unspecified atom stereocenters. The quantitative estimate of drug-likeness (QED) is 0.565. The number of Topliss-reactive ketones (excluding diaryl/α,β-unsaturated/α-hetero) is 1. The van der Waals surface area contributed by atoms with Gasteiger partial charge in [0.25, 0.3) is 0 Å². The maximum Gasteiger partial charge on any atom is 0.226 e. The summed E-state index contributed by atoms with van der Waals surface area (Å²) in [6, 6.07) is 16.8. The van der Waals surface area contributed by atoms with E-state index in [1.807, 2.05) is 47.8 Å². The second kappa shape index (κ2) is 8.18. The Morgan fingerprint density at radius 2 is 1.84 bits per heavy atom. The van der Waals surface area contributed by atoms with Crippen LogP contribution in [-0.4, -0.2) is 16.7 Å².